The molecule has 0 N–H and O–H groups in total. The monoisotopic (exact) mass is 318 g/mol. The van der Waals surface area contributed by atoms with Crippen molar-refractivity contribution in [3.05, 3.63) is 23.8 Å². The second kappa shape index (κ2) is 5.92. The van der Waals surface area contributed by atoms with Crippen LogP contribution in [0.25, 0.3) is 0 Å². The van der Waals surface area contributed by atoms with Crippen LogP contribution in [0.1, 0.15) is 10.4 Å². The third-order valence-corrected chi connectivity index (χ3v) is 5.12. The van der Waals surface area contributed by atoms with E-state index < -0.39 is 20.6 Å². The standard InChI is InChI=1S/C12H14O6S2/c1-20(15,16)5-4-19(14)7-10(13)9-2-3-11-12(6-9)18-8-17-11/h2-3,6H,4-5,7-8H2,1H3. The van der Waals surface area contributed by atoms with E-state index in [1.807, 2.05) is 0 Å². The summed E-state index contributed by atoms with van der Waals surface area (Å²) in [5, 5.41) is 0. The maximum atomic E-state index is 11.9. The summed E-state index contributed by atoms with van der Waals surface area (Å²) in [6.45, 7) is 0.118. The number of rotatable bonds is 6. The van der Waals surface area contributed by atoms with E-state index in [0.29, 0.717) is 17.1 Å². The van der Waals surface area contributed by atoms with Crippen LogP contribution in [0.2, 0.25) is 0 Å². The predicted molar refractivity (Wildman–Crippen MR) is 74.5 cm³/mol. The second-order valence-corrected chi connectivity index (χ2v) is 8.25. The first kappa shape index (κ1) is 15.0. The van der Waals surface area contributed by atoms with Crippen LogP contribution in [-0.4, -0.2) is 48.7 Å². The number of sulfone groups is 1. The molecule has 110 valence electrons. The summed E-state index contributed by atoms with van der Waals surface area (Å²) in [6.07, 6.45) is 1.07. The molecule has 0 saturated heterocycles. The van der Waals surface area contributed by atoms with Crippen molar-refractivity contribution in [1.82, 2.24) is 0 Å². The van der Waals surface area contributed by atoms with Crippen molar-refractivity contribution in [2.75, 3.05) is 30.3 Å². The Kier molecular flexibility index (Phi) is 4.44. The molecule has 1 aliphatic rings. The Labute approximate surface area is 119 Å². The molecule has 1 aromatic carbocycles. The smallest absolute Gasteiger partial charge is 0.231 e. The molecule has 2 rings (SSSR count). The maximum Gasteiger partial charge on any atom is 0.231 e. The highest BCUT2D eigenvalue weighted by Crippen LogP contribution is 2.32. The van der Waals surface area contributed by atoms with Crippen LogP contribution in [0, 0.1) is 0 Å². The van der Waals surface area contributed by atoms with Gasteiger partial charge in [-0.3, -0.25) is 9.00 Å². The van der Waals surface area contributed by atoms with Crippen LogP contribution in [0.3, 0.4) is 0 Å². The Bertz CT molecular complexity index is 650. The van der Waals surface area contributed by atoms with Crippen LogP contribution in [-0.2, 0) is 20.6 Å². The number of hydrogen-bond donors (Lipinski definition) is 0. The van der Waals surface area contributed by atoms with Gasteiger partial charge in [-0.25, -0.2) is 8.42 Å². The molecule has 0 spiro atoms. The third-order valence-electron chi connectivity index (χ3n) is 2.67. The van der Waals surface area contributed by atoms with Gasteiger partial charge in [0.1, 0.15) is 9.84 Å². The topological polar surface area (TPSA) is 86.7 Å². The minimum Gasteiger partial charge on any atom is -0.454 e. The van der Waals surface area contributed by atoms with Gasteiger partial charge in [-0.2, -0.15) is 0 Å². The van der Waals surface area contributed by atoms with Gasteiger partial charge in [0.2, 0.25) is 6.79 Å². The summed E-state index contributed by atoms with van der Waals surface area (Å²) < 4.78 is 43.9. The lowest BCUT2D eigenvalue weighted by atomic mass is 10.1. The molecular weight excluding hydrogens is 304 g/mol. The lowest BCUT2D eigenvalue weighted by molar-refractivity contribution is 0.102. The molecule has 0 radical (unpaired) electrons. The minimum absolute atomic E-state index is 0.0326. The molecule has 6 nitrogen and oxygen atoms in total. The fourth-order valence-corrected chi connectivity index (χ4v) is 4.17. The van der Waals surface area contributed by atoms with Crippen molar-refractivity contribution < 1.29 is 26.9 Å². The van der Waals surface area contributed by atoms with Gasteiger partial charge in [-0.1, -0.05) is 0 Å². The molecule has 1 aliphatic heterocycles. The summed E-state index contributed by atoms with van der Waals surface area (Å²) in [5.41, 5.74) is 0.377. The zero-order valence-electron chi connectivity index (χ0n) is 10.8. The molecule has 0 aromatic heterocycles. The number of benzene rings is 1. The SMILES string of the molecule is CS(=O)(=O)CCS(=O)CC(=O)c1ccc2c(c1)OCO2. The summed E-state index contributed by atoms with van der Waals surface area (Å²) in [7, 11) is -4.66. The van der Waals surface area contributed by atoms with Crippen LogP contribution >= 0.6 is 0 Å². The highest BCUT2D eigenvalue weighted by molar-refractivity contribution is 7.92. The molecule has 20 heavy (non-hydrogen) atoms. The van der Waals surface area contributed by atoms with E-state index in [-0.39, 0.29) is 29.8 Å². The van der Waals surface area contributed by atoms with Crippen LogP contribution in [0.15, 0.2) is 18.2 Å². The minimum atomic E-state index is -3.17. The Morgan fingerprint density at radius 1 is 1.30 bits per heavy atom. The van der Waals surface area contributed by atoms with Gasteiger partial charge in [0.15, 0.2) is 17.3 Å². The third kappa shape index (κ3) is 4.04. The van der Waals surface area contributed by atoms with E-state index in [4.69, 9.17) is 9.47 Å². The average molecular weight is 318 g/mol. The van der Waals surface area contributed by atoms with E-state index in [2.05, 4.69) is 0 Å². The van der Waals surface area contributed by atoms with Crippen molar-refractivity contribution in [3.63, 3.8) is 0 Å². The van der Waals surface area contributed by atoms with E-state index in [1.165, 1.54) is 0 Å². The van der Waals surface area contributed by atoms with E-state index in [0.717, 1.165) is 6.26 Å². The molecule has 0 fully saturated rings. The highest BCUT2D eigenvalue weighted by atomic mass is 32.2. The lowest BCUT2D eigenvalue weighted by Gasteiger charge is -2.03. The Balaban J connectivity index is 1.96. The first-order valence-corrected chi connectivity index (χ1v) is 9.35. The molecule has 1 aromatic rings. The van der Waals surface area contributed by atoms with Gasteiger partial charge < -0.3 is 9.47 Å². The molecule has 0 saturated carbocycles. The van der Waals surface area contributed by atoms with Gasteiger partial charge in [0.05, 0.1) is 11.5 Å². The van der Waals surface area contributed by atoms with Gasteiger partial charge in [-0.05, 0) is 18.2 Å². The first-order valence-electron chi connectivity index (χ1n) is 5.81. The number of Topliss-reactive ketones (excluding diaryl/α,β-unsaturated/α-hetero) is 1. The number of carbonyl (C=O) groups is 1. The highest BCUT2D eigenvalue weighted by Gasteiger charge is 2.18. The molecule has 1 atom stereocenters. The fraction of sp³-hybridized carbons (Fsp3) is 0.417. The molecular formula is C12H14O6S2. The Morgan fingerprint density at radius 3 is 2.70 bits per heavy atom. The molecule has 8 heteroatoms. The van der Waals surface area contributed by atoms with Crippen LogP contribution < -0.4 is 9.47 Å². The van der Waals surface area contributed by atoms with Crippen molar-refractivity contribution in [3.8, 4) is 11.5 Å². The number of ketones is 1. The molecule has 0 bridgehead atoms. The zero-order valence-corrected chi connectivity index (χ0v) is 12.5. The number of ether oxygens (including phenoxy) is 2. The molecule has 0 aliphatic carbocycles. The summed E-state index contributed by atoms with van der Waals surface area (Å²) in [4.78, 5) is 11.9. The predicted octanol–water partition coefficient (Wildman–Crippen LogP) is 0.391. The molecule has 1 unspecified atom stereocenters. The average Bonchev–Trinajstić information content (AvgIpc) is 2.82. The van der Waals surface area contributed by atoms with E-state index in [1.54, 1.807) is 18.2 Å². The van der Waals surface area contributed by atoms with Crippen LogP contribution in [0.4, 0.5) is 0 Å². The molecule has 0 amide bonds. The largest absolute Gasteiger partial charge is 0.454 e. The normalized spacial score (nSPS) is 15.1. The molecule has 1 heterocycles. The summed E-state index contributed by atoms with van der Waals surface area (Å²) >= 11 is 0. The summed E-state index contributed by atoms with van der Waals surface area (Å²) in [6, 6.07) is 4.73. The number of carbonyl (C=O) groups excluding carboxylic acids is 1. The fourth-order valence-electron chi connectivity index (χ4n) is 1.62. The lowest BCUT2D eigenvalue weighted by Crippen LogP contribution is -2.18. The maximum absolute atomic E-state index is 11.9. The second-order valence-electron chi connectivity index (χ2n) is 4.41. The first-order chi connectivity index (χ1) is 9.35. The van der Waals surface area contributed by atoms with Gasteiger partial charge >= 0.3 is 0 Å². The Hall–Kier alpha value is -1.41. The van der Waals surface area contributed by atoms with Crippen molar-refractivity contribution in [1.29, 1.82) is 0 Å². The van der Waals surface area contributed by atoms with Crippen molar-refractivity contribution in [2.24, 2.45) is 0 Å². The number of fused-ring (bicyclic) bond motifs is 1. The summed E-state index contributed by atoms with van der Waals surface area (Å²) in [5.74, 6) is 0.325. The Morgan fingerprint density at radius 2 is 2.00 bits per heavy atom. The van der Waals surface area contributed by atoms with E-state index >= 15 is 0 Å². The number of hydrogen-bond acceptors (Lipinski definition) is 6. The van der Waals surface area contributed by atoms with Gasteiger partial charge in [0.25, 0.3) is 0 Å². The van der Waals surface area contributed by atoms with Crippen molar-refractivity contribution >= 4 is 26.4 Å². The quantitative estimate of drug-likeness (QED) is 0.705. The van der Waals surface area contributed by atoms with Gasteiger partial charge in [-0.15, -0.1) is 0 Å². The van der Waals surface area contributed by atoms with E-state index in [9.17, 15) is 17.4 Å². The van der Waals surface area contributed by atoms with Gasteiger partial charge in [0, 0.05) is 28.4 Å². The zero-order chi connectivity index (χ0) is 14.8. The van der Waals surface area contributed by atoms with Crippen LogP contribution in [0.5, 0.6) is 11.5 Å². The van der Waals surface area contributed by atoms with Crippen molar-refractivity contribution in [2.45, 2.75) is 0 Å².